The minimum atomic E-state index is -3.40. The van der Waals surface area contributed by atoms with E-state index in [0.717, 1.165) is 23.1 Å². The molecule has 0 aliphatic rings. The Bertz CT molecular complexity index is 1590. The lowest BCUT2D eigenvalue weighted by atomic mass is 10.1. The molecule has 0 saturated carbocycles. The molecule has 0 aliphatic heterocycles. The summed E-state index contributed by atoms with van der Waals surface area (Å²) in [6.45, 7) is 5.74. The van der Waals surface area contributed by atoms with Crippen LogP contribution in [0.15, 0.2) is 76.6 Å². The molecule has 1 heterocycles. The molecule has 2 N–H and O–H groups in total. The quantitative estimate of drug-likeness (QED) is 0.321. The molecule has 9 heteroatoms. The van der Waals surface area contributed by atoms with E-state index >= 15 is 0 Å². The maximum atomic E-state index is 13.5. The van der Waals surface area contributed by atoms with Gasteiger partial charge in [0.15, 0.2) is 0 Å². The molecule has 34 heavy (non-hydrogen) atoms. The van der Waals surface area contributed by atoms with E-state index in [1.54, 1.807) is 37.3 Å². The van der Waals surface area contributed by atoms with Gasteiger partial charge in [-0.15, -0.1) is 0 Å². The summed E-state index contributed by atoms with van der Waals surface area (Å²) in [5.41, 5.74) is 7.79. The van der Waals surface area contributed by atoms with Crippen molar-refractivity contribution in [3.8, 4) is 5.69 Å². The normalized spacial score (nSPS) is 12.1. The molecular weight excluding hydrogens is 450 g/mol. The number of hydrogen-bond donors (Lipinski definition) is 2. The highest BCUT2D eigenvalue weighted by atomic mass is 32.2. The summed E-state index contributed by atoms with van der Waals surface area (Å²) in [5, 5.41) is 4.96. The van der Waals surface area contributed by atoms with Gasteiger partial charge < -0.3 is 0 Å². The highest BCUT2D eigenvalue weighted by Crippen LogP contribution is 2.21. The second-order valence-electron chi connectivity index (χ2n) is 8.08. The molecule has 0 atom stereocenters. The molecule has 0 radical (unpaired) electrons. The molecule has 0 bridgehead atoms. The van der Waals surface area contributed by atoms with Crippen molar-refractivity contribution in [3.63, 3.8) is 0 Å². The van der Waals surface area contributed by atoms with Gasteiger partial charge in [0.25, 0.3) is 5.56 Å². The van der Waals surface area contributed by atoms with Crippen LogP contribution in [0.25, 0.3) is 16.6 Å². The third-order valence-corrected chi connectivity index (χ3v) is 6.11. The zero-order valence-electron chi connectivity index (χ0n) is 19.3. The van der Waals surface area contributed by atoms with Gasteiger partial charge in [-0.05, 0) is 67.8 Å². The molecule has 3 aromatic carbocycles. The fourth-order valence-corrected chi connectivity index (χ4v) is 4.18. The Balaban J connectivity index is 1.81. The number of rotatable bonds is 6. The number of sulfonamides is 1. The predicted octanol–water partition coefficient (Wildman–Crippen LogP) is 4.21. The molecular formula is C25H25N5O3S. The highest BCUT2D eigenvalue weighted by molar-refractivity contribution is 7.92. The molecule has 0 amide bonds. The van der Waals surface area contributed by atoms with Gasteiger partial charge >= 0.3 is 0 Å². The lowest BCUT2D eigenvalue weighted by Crippen LogP contribution is -2.24. The van der Waals surface area contributed by atoms with Gasteiger partial charge in [0.1, 0.15) is 0 Å². The van der Waals surface area contributed by atoms with Gasteiger partial charge in [0.05, 0.1) is 28.6 Å². The average molecular weight is 476 g/mol. The third-order valence-electron chi connectivity index (χ3n) is 5.50. The second-order valence-corrected chi connectivity index (χ2v) is 9.82. The number of fused-ring (bicyclic) bond motifs is 1. The number of hydrogen-bond acceptors (Lipinski definition) is 6. The van der Waals surface area contributed by atoms with Crippen molar-refractivity contribution >= 4 is 38.3 Å². The van der Waals surface area contributed by atoms with Crippen molar-refractivity contribution in [2.24, 2.45) is 5.10 Å². The van der Waals surface area contributed by atoms with Crippen molar-refractivity contribution in [2.45, 2.75) is 20.8 Å². The minimum Gasteiger partial charge on any atom is -0.284 e. The van der Waals surface area contributed by atoms with E-state index in [4.69, 9.17) is 0 Å². The summed E-state index contributed by atoms with van der Waals surface area (Å²) in [6, 6.07) is 19.9. The molecule has 0 saturated heterocycles. The lowest BCUT2D eigenvalue weighted by Gasteiger charge is -2.16. The van der Waals surface area contributed by atoms with Gasteiger partial charge in [-0.2, -0.15) is 5.10 Å². The van der Waals surface area contributed by atoms with Crippen LogP contribution in [0.3, 0.4) is 0 Å². The summed E-state index contributed by atoms with van der Waals surface area (Å²) < 4.78 is 27.1. The number of hydrazone groups is 1. The van der Waals surface area contributed by atoms with Gasteiger partial charge in [0, 0.05) is 5.69 Å². The van der Waals surface area contributed by atoms with Crippen molar-refractivity contribution < 1.29 is 8.42 Å². The first kappa shape index (κ1) is 23.2. The maximum Gasteiger partial charge on any atom is 0.267 e. The first-order chi connectivity index (χ1) is 16.1. The Morgan fingerprint density at radius 2 is 1.74 bits per heavy atom. The van der Waals surface area contributed by atoms with Crippen LogP contribution in [0.5, 0.6) is 0 Å². The number of nitrogens with zero attached hydrogens (tertiary/aromatic N) is 3. The molecule has 0 fully saturated rings. The lowest BCUT2D eigenvalue weighted by molar-refractivity contribution is 0.607. The fraction of sp³-hybridized carbons (Fsp3) is 0.160. The Kier molecular flexibility index (Phi) is 6.21. The van der Waals surface area contributed by atoms with Crippen LogP contribution >= 0.6 is 0 Å². The van der Waals surface area contributed by atoms with Gasteiger partial charge in [-0.1, -0.05) is 36.4 Å². The SMILES string of the molecule is C/C(=N\Nc1nc2ccccc2c(=O)n1-c1cccc(C)c1C)c1cccc(NS(C)(=O)=O)c1. The van der Waals surface area contributed by atoms with Gasteiger partial charge in [0.2, 0.25) is 16.0 Å². The van der Waals surface area contributed by atoms with E-state index in [-0.39, 0.29) is 11.5 Å². The topological polar surface area (TPSA) is 105 Å². The largest absolute Gasteiger partial charge is 0.284 e. The van der Waals surface area contributed by atoms with E-state index in [2.05, 4.69) is 20.2 Å². The molecule has 8 nitrogen and oxygen atoms in total. The first-order valence-electron chi connectivity index (χ1n) is 10.6. The maximum absolute atomic E-state index is 13.5. The predicted molar refractivity (Wildman–Crippen MR) is 138 cm³/mol. The van der Waals surface area contributed by atoms with Crippen molar-refractivity contribution in [2.75, 3.05) is 16.4 Å². The van der Waals surface area contributed by atoms with Crippen LogP contribution < -0.4 is 15.7 Å². The summed E-state index contributed by atoms with van der Waals surface area (Å²) in [4.78, 5) is 18.1. The zero-order valence-corrected chi connectivity index (χ0v) is 20.1. The van der Waals surface area contributed by atoms with Crippen molar-refractivity contribution in [3.05, 3.63) is 93.8 Å². The highest BCUT2D eigenvalue weighted by Gasteiger charge is 2.15. The van der Waals surface area contributed by atoms with E-state index < -0.39 is 10.0 Å². The Labute approximate surface area is 198 Å². The molecule has 0 aliphatic carbocycles. The van der Waals surface area contributed by atoms with E-state index in [1.165, 1.54) is 4.57 Å². The van der Waals surface area contributed by atoms with Crippen molar-refractivity contribution in [1.29, 1.82) is 0 Å². The van der Waals surface area contributed by atoms with E-state index in [1.807, 2.05) is 50.2 Å². The monoisotopic (exact) mass is 475 g/mol. The molecule has 4 rings (SSSR count). The Morgan fingerprint density at radius 1 is 1.00 bits per heavy atom. The first-order valence-corrected chi connectivity index (χ1v) is 12.5. The third kappa shape index (κ3) is 4.84. The van der Waals surface area contributed by atoms with Crippen LogP contribution in [0.1, 0.15) is 23.6 Å². The second kappa shape index (κ2) is 9.11. The van der Waals surface area contributed by atoms with Crippen LogP contribution in [0, 0.1) is 13.8 Å². The van der Waals surface area contributed by atoms with Crippen molar-refractivity contribution in [1.82, 2.24) is 9.55 Å². The molecule has 0 spiro atoms. The molecule has 4 aromatic rings. The van der Waals surface area contributed by atoms with Crippen LogP contribution in [-0.4, -0.2) is 29.9 Å². The van der Waals surface area contributed by atoms with E-state index in [0.29, 0.717) is 27.9 Å². The number of nitrogens with one attached hydrogen (secondary N) is 2. The zero-order chi connectivity index (χ0) is 24.5. The van der Waals surface area contributed by atoms with Crippen LogP contribution in [-0.2, 0) is 10.0 Å². The van der Waals surface area contributed by atoms with E-state index in [9.17, 15) is 13.2 Å². The minimum absolute atomic E-state index is 0.200. The fourth-order valence-electron chi connectivity index (χ4n) is 3.63. The molecule has 0 unspecified atom stereocenters. The molecule has 1 aromatic heterocycles. The number of aryl methyl sites for hydroxylation is 1. The number of para-hydroxylation sites is 1. The number of benzene rings is 3. The Morgan fingerprint density at radius 3 is 2.50 bits per heavy atom. The average Bonchev–Trinajstić information content (AvgIpc) is 2.79. The summed E-state index contributed by atoms with van der Waals surface area (Å²) in [5.74, 6) is 0.280. The van der Waals surface area contributed by atoms with Gasteiger partial charge in [-0.25, -0.2) is 23.4 Å². The summed E-state index contributed by atoms with van der Waals surface area (Å²) in [6.07, 6.45) is 1.10. The standard InChI is InChI=1S/C25H25N5O3S/c1-16-9-7-14-23(17(16)2)30-24(31)21-12-5-6-13-22(21)26-25(30)28-27-18(3)19-10-8-11-20(15-19)29-34(4,32)33/h5-15,29H,1-4H3,(H,26,28)/b27-18+. The Hall–Kier alpha value is -3.98. The molecule has 174 valence electrons. The van der Waals surface area contributed by atoms with Crippen LogP contribution in [0.4, 0.5) is 11.6 Å². The number of aromatic nitrogens is 2. The summed E-state index contributed by atoms with van der Waals surface area (Å²) >= 11 is 0. The smallest absolute Gasteiger partial charge is 0.267 e. The van der Waals surface area contributed by atoms with Crippen LogP contribution in [0.2, 0.25) is 0 Å². The number of anilines is 2. The summed E-state index contributed by atoms with van der Waals surface area (Å²) in [7, 11) is -3.40. The van der Waals surface area contributed by atoms with Gasteiger partial charge in [-0.3, -0.25) is 9.52 Å².